The van der Waals surface area contributed by atoms with Crippen LogP contribution in [0.2, 0.25) is 0 Å². The van der Waals surface area contributed by atoms with Crippen molar-refractivity contribution in [3.63, 3.8) is 0 Å². The maximum absolute atomic E-state index is 13.6. The molecular weight excluding hydrogens is 273 g/mol. The molecule has 0 unspecified atom stereocenters. The van der Waals surface area contributed by atoms with Crippen LogP contribution in [0, 0.1) is 5.82 Å². The Kier molecular flexibility index (Phi) is 5.40. The summed E-state index contributed by atoms with van der Waals surface area (Å²) in [6.07, 6.45) is 0. The molecule has 2 aromatic rings. The molecule has 2 aromatic carbocycles. The second kappa shape index (κ2) is 7.50. The summed E-state index contributed by atoms with van der Waals surface area (Å²) in [5.41, 5.74) is 6.19. The Labute approximate surface area is 123 Å². The Morgan fingerprint density at radius 2 is 1.62 bits per heavy atom. The number of nitrogens with two attached hydrogens (primary N) is 1. The molecule has 0 aliphatic carbocycles. The highest BCUT2D eigenvalue weighted by molar-refractivity contribution is 5.35. The zero-order valence-electron chi connectivity index (χ0n) is 11.8. The van der Waals surface area contributed by atoms with E-state index in [1.165, 1.54) is 6.07 Å². The second-order valence-electron chi connectivity index (χ2n) is 4.30. The fourth-order valence-corrected chi connectivity index (χ4v) is 1.85. The minimum atomic E-state index is -0.414. The van der Waals surface area contributed by atoms with E-state index in [4.69, 9.17) is 19.9 Å². The minimum Gasteiger partial charge on any atom is -0.497 e. The van der Waals surface area contributed by atoms with Gasteiger partial charge in [-0.3, -0.25) is 0 Å². The summed E-state index contributed by atoms with van der Waals surface area (Å²) in [4.78, 5) is 0. The molecule has 2 rings (SSSR count). The molecule has 0 spiro atoms. The Morgan fingerprint density at radius 1 is 0.952 bits per heavy atom. The van der Waals surface area contributed by atoms with Gasteiger partial charge in [0.25, 0.3) is 0 Å². The van der Waals surface area contributed by atoms with Gasteiger partial charge in [0, 0.05) is 12.1 Å². The smallest absolute Gasteiger partial charge is 0.165 e. The molecule has 0 fully saturated rings. The quantitative estimate of drug-likeness (QED) is 0.797. The molecule has 2 N–H and O–H groups in total. The van der Waals surface area contributed by atoms with Crippen molar-refractivity contribution >= 4 is 0 Å². The number of benzene rings is 2. The maximum Gasteiger partial charge on any atom is 0.165 e. The van der Waals surface area contributed by atoms with Gasteiger partial charge in [0.15, 0.2) is 11.6 Å². The van der Waals surface area contributed by atoms with Gasteiger partial charge in [0.05, 0.1) is 7.11 Å². The molecule has 0 amide bonds. The van der Waals surface area contributed by atoms with Gasteiger partial charge >= 0.3 is 0 Å². The summed E-state index contributed by atoms with van der Waals surface area (Å²) in [5.74, 6) is 1.24. The van der Waals surface area contributed by atoms with Crippen LogP contribution < -0.4 is 19.9 Å². The Bertz CT molecular complexity index is 572. The number of methoxy groups -OCH3 is 1. The molecular formula is C16H18FNO3. The summed E-state index contributed by atoms with van der Waals surface area (Å²) >= 11 is 0. The van der Waals surface area contributed by atoms with Gasteiger partial charge in [-0.15, -0.1) is 0 Å². The maximum atomic E-state index is 13.6. The molecule has 0 aliphatic rings. The number of ether oxygens (including phenoxy) is 3. The van der Waals surface area contributed by atoms with Gasteiger partial charge < -0.3 is 19.9 Å². The first-order valence-corrected chi connectivity index (χ1v) is 6.61. The summed E-state index contributed by atoms with van der Waals surface area (Å²) in [6, 6.07) is 11.9. The van der Waals surface area contributed by atoms with Crippen molar-refractivity contribution in [1.29, 1.82) is 0 Å². The van der Waals surface area contributed by atoms with Gasteiger partial charge in [0.2, 0.25) is 0 Å². The lowest BCUT2D eigenvalue weighted by Gasteiger charge is -2.12. The van der Waals surface area contributed by atoms with Crippen molar-refractivity contribution in [3.05, 3.63) is 53.8 Å². The van der Waals surface area contributed by atoms with E-state index in [1.54, 1.807) is 43.5 Å². The zero-order valence-corrected chi connectivity index (χ0v) is 11.8. The molecule has 0 saturated carbocycles. The molecule has 4 nitrogen and oxygen atoms in total. The minimum absolute atomic E-state index is 0.193. The third-order valence-corrected chi connectivity index (χ3v) is 2.93. The van der Waals surface area contributed by atoms with Crippen LogP contribution in [0.1, 0.15) is 5.56 Å². The lowest BCUT2D eigenvalue weighted by molar-refractivity contribution is 0.210. The van der Waals surface area contributed by atoms with E-state index in [0.29, 0.717) is 17.9 Å². The van der Waals surface area contributed by atoms with E-state index in [2.05, 4.69) is 0 Å². The first kappa shape index (κ1) is 15.1. The summed E-state index contributed by atoms with van der Waals surface area (Å²) in [5, 5.41) is 0. The van der Waals surface area contributed by atoms with Crippen LogP contribution in [0.25, 0.3) is 0 Å². The number of rotatable bonds is 7. The fourth-order valence-electron chi connectivity index (χ4n) is 1.85. The molecule has 112 valence electrons. The van der Waals surface area contributed by atoms with Crippen molar-refractivity contribution in [1.82, 2.24) is 0 Å². The third kappa shape index (κ3) is 4.10. The molecule has 5 heteroatoms. The van der Waals surface area contributed by atoms with Gasteiger partial charge in [-0.05, 0) is 30.3 Å². The SMILES string of the molecule is COc1ccc(OCCOc2c(F)cccc2CN)cc1. The lowest BCUT2D eigenvalue weighted by Crippen LogP contribution is -2.12. The zero-order chi connectivity index (χ0) is 15.1. The average molecular weight is 291 g/mol. The monoisotopic (exact) mass is 291 g/mol. The molecule has 0 atom stereocenters. The number of hydrogen-bond acceptors (Lipinski definition) is 4. The standard InChI is InChI=1S/C16H18FNO3/c1-19-13-5-7-14(8-6-13)20-9-10-21-16-12(11-18)3-2-4-15(16)17/h2-8H,9-11,18H2,1H3. The van der Waals surface area contributed by atoms with E-state index >= 15 is 0 Å². The van der Waals surface area contributed by atoms with E-state index in [1.807, 2.05) is 0 Å². The highest BCUT2D eigenvalue weighted by Crippen LogP contribution is 2.22. The largest absolute Gasteiger partial charge is 0.497 e. The Balaban J connectivity index is 1.84. The van der Waals surface area contributed by atoms with Crippen LogP contribution in [-0.2, 0) is 6.54 Å². The molecule has 0 radical (unpaired) electrons. The van der Waals surface area contributed by atoms with Crippen LogP contribution in [0.15, 0.2) is 42.5 Å². The van der Waals surface area contributed by atoms with Crippen molar-refractivity contribution in [3.8, 4) is 17.2 Å². The fraction of sp³-hybridized carbons (Fsp3) is 0.250. The van der Waals surface area contributed by atoms with Gasteiger partial charge in [0.1, 0.15) is 24.7 Å². The topological polar surface area (TPSA) is 53.7 Å². The highest BCUT2D eigenvalue weighted by atomic mass is 19.1. The first-order chi connectivity index (χ1) is 10.2. The van der Waals surface area contributed by atoms with Crippen LogP contribution in [0.3, 0.4) is 0 Å². The Hall–Kier alpha value is -2.27. The van der Waals surface area contributed by atoms with Crippen LogP contribution in [-0.4, -0.2) is 20.3 Å². The molecule has 0 heterocycles. The summed E-state index contributed by atoms with van der Waals surface area (Å²) in [6.45, 7) is 0.775. The van der Waals surface area contributed by atoms with E-state index in [-0.39, 0.29) is 18.9 Å². The predicted octanol–water partition coefficient (Wildman–Crippen LogP) is 2.75. The predicted molar refractivity (Wildman–Crippen MR) is 78.3 cm³/mol. The first-order valence-electron chi connectivity index (χ1n) is 6.61. The van der Waals surface area contributed by atoms with Crippen molar-refractivity contribution in [2.24, 2.45) is 5.73 Å². The molecule has 0 bridgehead atoms. The van der Waals surface area contributed by atoms with Gasteiger partial charge in [-0.2, -0.15) is 0 Å². The molecule has 0 aromatic heterocycles. The van der Waals surface area contributed by atoms with E-state index in [0.717, 1.165) is 5.75 Å². The Morgan fingerprint density at radius 3 is 2.29 bits per heavy atom. The van der Waals surface area contributed by atoms with Crippen LogP contribution in [0.4, 0.5) is 4.39 Å². The molecule has 0 saturated heterocycles. The summed E-state index contributed by atoms with van der Waals surface area (Å²) < 4.78 is 29.6. The highest BCUT2D eigenvalue weighted by Gasteiger charge is 2.08. The van der Waals surface area contributed by atoms with Crippen LogP contribution in [0.5, 0.6) is 17.2 Å². The summed E-state index contributed by atoms with van der Waals surface area (Å²) in [7, 11) is 1.60. The number of hydrogen-bond donors (Lipinski definition) is 1. The molecule has 0 aliphatic heterocycles. The third-order valence-electron chi connectivity index (χ3n) is 2.93. The van der Waals surface area contributed by atoms with Crippen molar-refractivity contribution < 1.29 is 18.6 Å². The van der Waals surface area contributed by atoms with Crippen LogP contribution >= 0.6 is 0 Å². The average Bonchev–Trinajstić information content (AvgIpc) is 2.53. The number of para-hydroxylation sites is 1. The van der Waals surface area contributed by atoms with Crippen molar-refractivity contribution in [2.75, 3.05) is 20.3 Å². The normalized spacial score (nSPS) is 10.2. The van der Waals surface area contributed by atoms with Gasteiger partial charge in [-0.25, -0.2) is 4.39 Å². The molecule has 21 heavy (non-hydrogen) atoms. The van der Waals surface area contributed by atoms with Gasteiger partial charge in [-0.1, -0.05) is 12.1 Å². The van der Waals surface area contributed by atoms with E-state index in [9.17, 15) is 4.39 Å². The van der Waals surface area contributed by atoms with E-state index < -0.39 is 5.82 Å². The van der Waals surface area contributed by atoms with Crippen molar-refractivity contribution in [2.45, 2.75) is 6.54 Å². The number of halogens is 1. The lowest BCUT2D eigenvalue weighted by atomic mass is 10.2. The second-order valence-corrected chi connectivity index (χ2v) is 4.30.